The maximum absolute atomic E-state index is 12.7. The average Bonchev–Trinajstić information content (AvgIpc) is 3.12. The third-order valence-corrected chi connectivity index (χ3v) is 4.69. The minimum atomic E-state index is -0.230. The lowest BCUT2D eigenvalue weighted by atomic mass is 10.1. The zero-order valence-corrected chi connectivity index (χ0v) is 14.5. The second kappa shape index (κ2) is 6.66. The van der Waals surface area contributed by atoms with Crippen LogP contribution in [0.5, 0.6) is 0 Å². The predicted octanol–water partition coefficient (Wildman–Crippen LogP) is 0.298. The third-order valence-electron chi connectivity index (χ3n) is 4.69. The van der Waals surface area contributed by atoms with Crippen LogP contribution in [0.25, 0.3) is 5.65 Å². The lowest BCUT2D eigenvalue weighted by Crippen LogP contribution is -2.34. The van der Waals surface area contributed by atoms with Crippen molar-refractivity contribution >= 4 is 11.6 Å². The second-order valence-electron chi connectivity index (χ2n) is 6.41. The summed E-state index contributed by atoms with van der Waals surface area (Å²) in [7, 11) is 0. The first-order valence-electron chi connectivity index (χ1n) is 8.68. The molecular formula is C17H19N7O2. The molecule has 1 N–H and O–H groups in total. The Bertz CT molecular complexity index is 1040. The summed E-state index contributed by atoms with van der Waals surface area (Å²) in [5.74, 6) is 0.646. The van der Waals surface area contributed by atoms with Crippen molar-refractivity contribution in [1.82, 2.24) is 34.9 Å². The Morgan fingerprint density at radius 1 is 1.31 bits per heavy atom. The highest BCUT2D eigenvalue weighted by molar-refractivity contribution is 5.94. The molecule has 0 spiro atoms. The van der Waals surface area contributed by atoms with Crippen molar-refractivity contribution < 1.29 is 4.79 Å². The number of carbonyl (C=O) groups is 1. The van der Waals surface area contributed by atoms with Crippen molar-refractivity contribution in [2.24, 2.45) is 0 Å². The topological polar surface area (TPSA) is 107 Å². The first kappa shape index (κ1) is 16.4. The van der Waals surface area contributed by atoms with Crippen LogP contribution >= 0.6 is 0 Å². The van der Waals surface area contributed by atoms with Crippen molar-refractivity contribution in [1.29, 1.82) is 0 Å². The molecule has 1 aliphatic rings. The van der Waals surface area contributed by atoms with Crippen LogP contribution in [-0.2, 0) is 19.4 Å². The van der Waals surface area contributed by atoms with Crippen molar-refractivity contribution in [3.63, 3.8) is 0 Å². The van der Waals surface area contributed by atoms with Crippen LogP contribution in [0.15, 0.2) is 23.1 Å². The number of hydrogen-bond acceptors (Lipinski definition) is 6. The molecule has 9 nitrogen and oxygen atoms in total. The Hall–Kier alpha value is -3.10. The van der Waals surface area contributed by atoms with Crippen LogP contribution in [0.2, 0.25) is 0 Å². The van der Waals surface area contributed by atoms with Crippen molar-refractivity contribution in [2.75, 3.05) is 6.54 Å². The van der Waals surface area contributed by atoms with Gasteiger partial charge in [-0.2, -0.15) is 4.52 Å². The minimum absolute atomic E-state index is 0.0246. The Morgan fingerprint density at radius 2 is 2.19 bits per heavy atom. The molecular weight excluding hydrogens is 334 g/mol. The SMILES string of the molecule is Cc1nc2n(c(=O)c1CCNC(=O)c1ccc3nnnn3c1)CCCC2. The average molecular weight is 353 g/mol. The van der Waals surface area contributed by atoms with Gasteiger partial charge in [0.2, 0.25) is 0 Å². The number of rotatable bonds is 4. The summed E-state index contributed by atoms with van der Waals surface area (Å²) in [5, 5.41) is 14.0. The molecule has 0 aliphatic carbocycles. The Labute approximate surface area is 149 Å². The number of nitrogens with one attached hydrogen (secondary N) is 1. The highest BCUT2D eigenvalue weighted by Gasteiger charge is 2.17. The molecule has 9 heteroatoms. The highest BCUT2D eigenvalue weighted by Crippen LogP contribution is 2.12. The maximum Gasteiger partial charge on any atom is 0.256 e. The molecule has 4 heterocycles. The van der Waals surface area contributed by atoms with E-state index in [4.69, 9.17) is 0 Å². The van der Waals surface area contributed by atoms with Gasteiger partial charge in [-0.3, -0.25) is 14.2 Å². The fraction of sp³-hybridized carbons (Fsp3) is 0.412. The summed E-state index contributed by atoms with van der Waals surface area (Å²) in [5.41, 5.74) is 2.49. The molecule has 26 heavy (non-hydrogen) atoms. The van der Waals surface area contributed by atoms with E-state index in [2.05, 4.69) is 25.8 Å². The molecule has 1 aliphatic heterocycles. The molecule has 134 valence electrons. The van der Waals surface area contributed by atoms with Gasteiger partial charge in [-0.05, 0) is 48.7 Å². The van der Waals surface area contributed by atoms with Gasteiger partial charge in [0.05, 0.1) is 5.56 Å². The molecule has 4 rings (SSSR count). The standard InChI is InChI=1S/C17H19N7O2/c1-11-13(17(26)23-9-3-2-4-14(23)19-11)7-8-18-16(25)12-5-6-15-20-21-22-24(15)10-12/h5-6,10H,2-4,7-9H2,1H3,(H,18,25). The molecule has 3 aromatic rings. The number of tetrazole rings is 1. The Morgan fingerprint density at radius 3 is 3.08 bits per heavy atom. The van der Waals surface area contributed by atoms with Gasteiger partial charge >= 0.3 is 0 Å². The molecule has 0 saturated heterocycles. The van der Waals surface area contributed by atoms with Crippen LogP contribution in [0.1, 0.15) is 40.3 Å². The smallest absolute Gasteiger partial charge is 0.256 e. The lowest BCUT2D eigenvalue weighted by Gasteiger charge is -2.19. The van der Waals surface area contributed by atoms with Crippen molar-refractivity contribution in [3.8, 4) is 0 Å². The number of aryl methyl sites for hydroxylation is 2. The van der Waals surface area contributed by atoms with Gasteiger partial charge < -0.3 is 5.32 Å². The zero-order chi connectivity index (χ0) is 18.1. The van der Waals surface area contributed by atoms with E-state index in [9.17, 15) is 9.59 Å². The van der Waals surface area contributed by atoms with Crippen LogP contribution in [-0.4, -0.2) is 42.0 Å². The molecule has 0 fully saturated rings. The molecule has 1 amide bonds. The minimum Gasteiger partial charge on any atom is -0.352 e. The van der Waals surface area contributed by atoms with Crippen LogP contribution in [0.3, 0.4) is 0 Å². The normalized spacial score (nSPS) is 13.6. The van der Waals surface area contributed by atoms with E-state index in [0.29, 0.717) is 29.7 Å². The van der Waals surface area contributed by atoms with Gasteiger partial charge in [0.15, 0.2) is 5.65 Å². The van der Waals surface area contributed by atoms with Gasteiger partial charge in [-0.1, -0.05) is 0 Å². The van der Waals surface area contributed by atoms with Crippen LogP contribution in [0.4, 0.5) is 0 Å². The number of nitrogens with zero attached hydrogens (tertiary/aromatic N) is 6. The van der Waals surface area contributed by atoms with E-state index in [0.717, 1.165) is 37.3 Å². The zero-order valence-electron chi connectivity index (χ0n) is 14.5. The van der Waals surface area contributed by atoms with Gasteiger partial charge in [0.25, 0.3) is 11.5 Å². The van der Waals surface area contributed by atoms with Crippen molar-refractivity contribution in [2.45, 2.75) is 39.2 Å². The first-order chi connectivity index (χ1) is 12.6. The number of carbonyl (C=O) groups excluding carboxylic acids is 1. The molecule has 0 atom stereocenters. The fourth-order valence-electron chi connectivity index (χ4n) is 3.30. The predicted molar refractivity (Wildman–Crippen MR) is 93.0 cm³/mol. The number of pyridine rings is 1. The van der Waals surface area contributed by atoms with Crippen molar-refractivity contribution in [3.05, 3.63) is 51.3 Å². The van der Waals surface area contributed by atoms with Crippen LogP contribution in [0, 0.1) is 6.92 Å². The Kier molecular flexibility index (Phi) is 4.19. The molecule has 0 saturated carbocycles. The van der Waals surface area contributed by atoms with Gasteiger partial charge in [0, 0.05) is 37.0 Å². The largest absolute Gasteiger partial charge is 0.352 e. The fourth-order valence-corrected chi connectivity index (χ4v) is 3.30. The summed E-state index contributed by atoms with van der Waals surface area (Å²) >= 11 is 0. The van der Waals surface area contributed by atoms with E-state index in [1.165, 1.54) is 4.52 Å². The monoisotopic (exact) mass is 353 g/mol. The summed E-state index contributed by atoms with van der Waals surface area (Å²) in [6.07, 6.45) is 4.97. The maximum atomic E-state index is 12.7. The molecule has 0 unspecified atom stereocenters. The number of amides is 1. The first-order valence-corrected chi connectivity index (χ1v) is 8.68. The second-order valence-corrected chi connectivity index (χ2v) is 6.41. The quantitative estimate of drug-likeness (QED) is 0.723. The van der Waals surface area contributed by atoms with E-state index >= 15 is 0 Å². The van der Waals surface area contributed by atoms with Gasteiger partial charge in [0.1, 0.15) is 5.82 Å². The van der Waals surface area contributed by atoms with E-state index in [1.807, 2.05) is 6.92 Å². The van der Waals surface area contributed by atoms with E-state index in [-0.39, 0.29) is 11.5 Å². The molecule has 0 bridgehead atoms. The van der Waals surface area contributed by atoms with Gasteiger partial charge in [-0.15, -0.1) is 5.10 Å². The summed E-state index contributed by atoms with van der Waals surface area (Å²) in [6, 6.07) is 3.35. The Balaban J connectivity index is 1.46. The summed E-state index contributed by atoms with van der Waals surface area (Å²) < 4.78 is 3.22. The van der Waals surface area contributed by atoms with E-state index in [1.54, 1.807) is 22.9 Å². The highest BCUT2D eigenvalue weighted by atomic mass is 16.1. The molecule has 0 radical (unpaired) electrons. The number of aromatic nitrogens is 6. The number of hydrogen-bond donors (Lipinski definition) is 1. The van der Waals surface area contributed by atoms with E-state index < -0.39 is 0 Å². The summed E-state index contributed by atoms with van der Waals surface area (Å²) in [4.78, 5) is 29.6. The number of fused-ring (bicyclic) bond motifs is 2. The molecule has 0 aromatic carbocycles. The lowest BCUT2D eigenvalue weighted by molar-refractivity contribution is 0.0953. The van der Waals surface area contributed by atoms with Gasteiger partial charge in [-0.25, -0.2) is 4.98 Å². The summed E-state index contributed by atoms with van der Waals surface area (Å²) in [6.45, 7) is 2.95. The van der Waals surface area contributed by atoms with Crippen LogP contribution < -0.4 is 10.9 Å². The third kappa shape index (κ3) is 2.96. The molecule has 3 aromatic heterocycles.